The molecular weight excluding hydrogens is 799 g/mol. The summed E-state index contributed by atoms with van der Waals surface area (Å²) >= 11 is 0. The van der Waals surface area contributed by atoms with E-state index >= 15 is 0 Å². The molecule has 0 atom stereocenters. The maximum atomic E-state index is 6.96. The molecule has 0 saturated carbocycles. The average molecular weight is 842 g/mol. The largest absolute Gasteiger partial charge is 0.455 e. The van der Waals surface area contributed by atoms with Gasteiger partial charge in [-0.05, 0) is 132 Å². The van der Waals surface area contributed by atoms with Gasteiger partial charge in [-0.2, -0.15) is 0 Å². The number of rotatable bonds is 5. The van der Waals surface area contributed by atoms with Gasteiger partial charge < -0.3 is 9.32 Å². The first kappa shape index (κ1) is 37.2. The summed E-state index contributed by atoms with van der Waals surface area (Å²) in [5.74, 6) is 0. The van der Waals surface area contributed by atoms with Gasteiger partial charge in [-0.25, -0.2) is 0 Å². The van der Waals surface area contributed by atoms with Crippen LogP contribution in [0.2, 0.25) is 0 Å². The molecule has 0 unspecified atom stereocenters. The fourth-order valence-electron chi connectivity index (χ4n) is 12.1. The molecule has 14 rings (SSSR count). The van der Waals surface area contributed by atoms with Gasteiger partial charge in [0.25, 0.3) is 0 Å². The van der Waals surface area contributed by atoms with Crippen molar-refractivity contribution in [2.75, 3.05) is 4.90 Å². The van der Waals surface area contributed by atoms with Crippen LogP contribution in [0.1, 0.15) is 47.2 Å². The molecule has 0 radical (unpaired) electrons. The predicted molar refractivity (Wildman–Crippen MR) is 273 cm³/mol. The average Bonchev–Trinajstić information content (AvgIpc) is 4.06. The van der Waals surface area contributed by atoms with Crippen LogP contribution in [0.5, 0.6) is 0 Å². The molecule has 10 aromatic carbocycles. The Labute approximate surface area is 384 Å². The van der Waals surface area contributed by atoms with Crippen LogP contribution in [-0.2, 0) is 10.8 Å². The molecule has 2 nitrogen and oxygen atoms in total. The zero-order valence-corrected chi connectivity index (χ0v) is 36.7. The third-order valence-corrected chi connectivity index (χ3v) is 15.1. The van der Waals surface area contributed by atoms with Crippen LogP contribution in [0.3, 0.4) is 0 Å². The van der Waals surface area contributed by atoms with Crippen molar-refractivity contribution in [1.82, 2.24) is 0 Å². The van der Waals surface area contributed by atoms with Crippen LogP contribution in [-0.4, -0.2) is 0 Å². The summed E-state index contributed by atoms with van der Waals surface area (Å²) in [5, 5.41) is 2.19. The van der Waals surface area contributed by atoms with Crippen LogP contribution in [0.15, 0.2) is 229 Å². The quantitative estimate of drug-likeness (QED) is 0.172. The third kappa shape index (κ3) is 5.01. The van der Waals surface area contributed by atoms with Gasteiger partial charge in [0.1, 0.15) is 11.2 Å². The monoisotopic (exact) mass is 841 g/mol. The van der Waals surface area contributed by atoms with E-state index in [2.05, 4.69) is 243 Å². The van der Waals surface area contributed by atoms with Gasteiger partial charge in [-0.15, -0.1) is 0 Å². The van der Waals surface area contributed by atoms with E-state index in [0.29, 0.717) is 0 Å². The Bertz CT molecular complexity index is 3730. The van der Waals surface area contributed by atoms with E-state index in [9.17, 15) is 0 Å². The molecule has 0 N–H and O–H groups in total. The van der Waals surface area contributed by atoms with E-state index in [1.165, 1.54) is 77.9 Å². The minimum absolute atomic E-state index is 0.157. The Morgan fingerprint density at radius 2 is 0.818 bits per heavy atom. The summed E-state index contributed by atoms with van der Waals surface area (Å²) in [7, 11) is 0. The van der Waals surface area contributed by atoms with Gasteiger partial charge in [0.2, 0.25) is 0 Å². The van der Waals surface area contributed by atoms with Gasteiger partial charge in [0, 0.05) is 38.8 Å². The van der Waals surface area contributed by atoms with Crippen LogP contribution in [0.25, 0.3) is 77.6 Å². The van der Waals surface area contributed by atoms with Crippen molar-refractivity contribution in [1.29, 1.82) is 0 Å². The Hall–Kier alpha value is -8.20. The SMILES string of the molecule is CC1(C)c2ccccc2-c2ccc(N(c3ccc(-c4ccccc4)cc3)c3cc(-c4ccc5c(c4)C4(c6ccccc6-c6ccccc64)c4ccccc4-5)c4oc5ccccc5c4c3)cc21. The van der Waals surface area contributed by atoms with Crippen molar-refractivity contribution in [2.24, 2.45) is 0 Å². The van der Waals surface area contributed by atoms with Crippen LogP contribution >= 0.6 is 0 Å². The summed E-state index contributed by atoms with van der Waals surface area (Å²) in [5.41, 5.74) is 24.8. The normalized spacial score (nSPS) is 14.2. The maximum absolute atomic E-state index is 6.96. The van der Waals surface area contributed by atoms with Crippen LogP contribution in [0.4, 0.5) is 17.1 Å². The number of para-hydroxylation sites is 1. The fraction of sp³-hybridized carbons (Fsp3) is 0.0625. The molecule has 0 amide bonds. The topological polar surface area (TPSA) is 16.4 Å². The first-order chi connectivity index (χ1) is 32.5. The molecule has 0 aliphatic heterocycles. The number of hydrogen-bond acceptors (Lipinski definition) is 2. The Kier molecular flexibility index (Phi) is 7.70. The smallest absolute Gasteiger partial charge is 0.143 e. The van der Waals surface area contributed by atoms with Crippen molar-refractivity contribution in [3.63, 3.8) is 0 Å². The molecule has 0 saturated heterocycles. The molecule has 2 heteroatoms. The molecule has 0 fully saturated rings. The predicted octanol–water partition coefficient (Wildman–Crippen LogP) is 17.0. The second kappa shape index (κ2) is 13.7. The van der Waals surface area contributed by atoms with E-state index < -0.39 is 5.41 Å². The second-order valence-electron chi connectivity index (χ2n) is 18.8. The van der Waals surface area contributed by atoms with Gasteiger partial charge in [0.05, 0.1) is 5.41 Å². The lowest BCUT2D eigenvalue weighted by atomic mass is 9.70. The minimum atomic E-state index is -0.457. The molecule has 3 aliphatic rings. The highest BCUT2D eigenvalue weighted by molar-refractivity contribution is 6.12. The Morgan fingerprint density at radius 1 is 0.318 bits per heavy atom. The van der Waals surface area contributed by atoms with Crippen molar-refractivity contribution < 1.29 is 4.42 Å². The number of furan rings is 1. The van der Waals surface area contributed by atoms with E-state index in [1.54, 1.807) is 0 Å². The lowest BCUT2D eigenvalue weighted by Gasteiger charge is -2.31. The summed E-state index contributed by atoms with van der Waals surface area (Å²) in [6.07, 6.45) is 0. The molecular formula is C64H43NO. The Morgan fingerprint density at radius 3 is 1.50 bits per heavy atom. The zero-order chi connectivity index (χ0) is 43.7. The second-order valence-corrected chi connectivity index (χ2v) is 18.8. The number of hydrogen-bond donors (Lipinski definition) is 0. The number of nitrogens with zero attached hydrogens (tertiary/aromatic N) is 1. The zero-order valence-electron chi connectivity index (χ0n) is 36.7. The molecule has 1 spiro atoms. The standard InChI is InChI=1S/C64H43NO/c1-63(2)55-23-11-6-18-46(55)50-35-33-44(39-59(50)63)65(43-31-28-41(29-32-43)40-16-4-3-5-17-40)45-37-53(62-54(38-45)52-22-10-15-27-61(52)66-62)42-30-34-51-49-21-9-14-26-58(49)64(60(51)36-42)56-24-12-7-19-47(56)48-20-8-13-25-57(48)64/h3-39H,1-2H3. The van der Waals surface area contributed by atoms with E-state index in [1.807, 2.05) is 0 Å². The maximum Gasteiger partial charge on any atom is 0.143 e. The minimum Gasteiger partial charge on any atom is -0.455 e. The van der Waals surface area contributed by atoms with E-state index in [-0.39, 0.29) is 5.41 Å². The van der Waals surface area contributed by atoms with E-state index in [4.69, 9.17) is 4.42 Å². The molecule has 1 aromatic heterocycles. The Balaban J connectivity index is 1.02. The van der Waals surface area contributed by atoms with Crippen LogP contribution < -0.4 is 4.90 Å². The third-order valence-electron chi connectivity index (χ3n) is 15.1. The summed E-state index contributed by atoms with van der Waals surface area (Å²) in [6, 6.07) is 83.2. The lowest BCUT2D eigenvalue weighted by molar-refractivity contribution is 0.660. The van der Waals surface area contributed by atoms with Gasteiger partial charge in [-0.3, -0.25) is 0 Å². The number of fused-ring (bicyclic) bond motifs is 16. The van der Waals surface area contributed by atoms with Gasteiger partial charge >= 0.3 is 0 Å². The summed E-state index contributed by atoms with van der Waals surface area (Å²) in [6.45, 7) is 4.73. The summed E-state index contributed by atoms with van der Waals surface area (Å²) < 4.78 is 6.96. The van der Waals surface area contributed by atoms with Gasteiger partial charge in [-0.1, -0.05) is 190 Å². The number of benzene rings is 10. The van der Waals surface area contributed by atoms with Gasteiger partial charge in [0.15, 0.2) is 0 Å². The first-order valence-corrected chi connectivity index (χ1v) is 23.1. The highest BCUT2D eigenvalue weighted by Crippen LogP contribution is 2.63. The van der Waals surface area contributed by atoms with Crippen molar-refractivity contribution in [3.8, 4) is 55.6 Å². The molecule has 310 valence electrons. The highest BCUT2D eigenvalue weighted by Gasteiger charge is 2.51. The first-order valence-electron chi connectivity index (χ1n) is 23.1. The molecule has 11 aromatic rings. The van der Waals surface area contributed by atoms with Crippen molar-refractivity contribution >= 4 is 39.0 Å². The summed E-state index contributed by atoms with van der Waals surface area (Å²) in [4.78, 5) is 2.45. The van der Waals surface area contributed by atoms with E-state index in [0.717, 1.165) is 50.1 Å². The number of anilines is 3. The van der Waals surface area contributed by atoms with Crippen LogP contribution in [0, 0.1) is 0 Å². The molecule has 3 aliphatic carbocycles. The lowest BCUT2D eigenvalue weighted by Crippen LogP contribution is -2.25. The molecule has 0 bridgehead atoms. The highest BCUT2D eigenvalue weighted by atomic mass is 16.3. The van der Waals surface area contributed by atoms with Crippen molar-refractivity contribution in [3.05, 3.63) is 258 Å². The van der Waals surface area contributed by atoms with Crippen molar-refractivity contribution in [2.45, 2.75) is 24.7 Å². The molecule has 1 heterocycles. The molecule has 66 heavy (non-hydrogen) atoms. The fourth-order valence-corrected chi connectivity index (χ4v) is 12.1.